The molecule has 0 fully saturated rings. The zero-order chi connectivity index (χ0) is 22.7. The number of para-hydroxylation sites is 1. The Morgan fingerprint density at radius 2 is 1.66 bits per heavy atom. The fraction of sp³-hybridized carbons (Fsp3) is 0.130. The van der Waals surface area contributed by atoms with Crippen LogP contribution in [-0.2, 0) is 4.79 Å². The van der Waals surface area contributed by atoms with Crippen LogP contribution in [0.1, 0.15) is 18.0 Å². The first-order valence-corrected chi connectivity index (χ1v) is 10.0. The molecule has 1 heterocycles. The Balaban J connectivity index is 1.53. The van der Waals surface area contributed by atoms with Crippen LogP contribution in [-0.4, -0.2) is 18.0 Å². The minimum atomic E-state index is -4.78. The second kappa shape index (κ2) is 8.92. The highest BCUT2D eigenvalue weighted by Crippen LogP contribution is 2.35. The third-order valence-corrected chi connectivity index (χ3v) is 5.05. The lowest BCUT2D eigenvalue weighted by Gasteiger charge is -2.23. The normalized spacial score (nSPS) is 15.9. The molecule has 0 saturated carbocycles. The molecule has 0 radical (unpaired) electrons. The number of hydrazone groups is 1. The quantitative estimate of drug-likeness (QED) is 0.495. The molecule has 0 bridgehead atoms. The van der Waals surface area contributed by atoms with Crippen LogP contribution in [0.2, 0.25) is 5.02 Å². The van der Waals surface area contributed by atoms with Gasteiger partial charge in [-0.15, -0.1) is 13.2 Å². The molecule has 32 heavy (non-hydrogen) atoms. The number of anilines is 2. The van der Waals surface area contributed by atoms with E-state index in [0.717, 1.165) is 23.4 Å². The van der Waals surface area contributed by atoms with E-state index in [2.05, 4.69) is 15.2 Å². The first kappa shape index (κ1) is 21.7. The Morgan fingerprint density at radius 1 is 1.00 bits per heavy atom. The SMILES string of the molecule is O=C(Nc1ccc(OC(F)(F)F)cc1)C1=NN(c2ccccc2)C(c2ccc(Cl)cc2)C1. The van der Waals surface area contributed by atoms with Gasteiger partial charge in [-0.1, -0.05) is 41.9 Å². The van der Waals surface area contributed by atoms with E-state index in [1.54, 1.807) is 17.1 Å². The number of carbonyl (C=O) groups is 1. The van der Waals surface area contributed by atoms with E-state index in [4.69, 9.17) is 11.6 Å². The number of hydrogen-bond acceptors (Lipinski definition) is 4. The number of alkyl halides is 3. The maximum Gasteiger partial charge on any atom is 0.573 e. The summed E-state index contributed by atoms with van der Waals surface area (Å²) in [5, 5.41) is 9.59. The number of hydrogen-bond donors (Lipinski definition) is 1. The van der Waals surface area contributed by atoms with E-state index in [1.807, 2.05) is 42.5 Å². The Labute approximate surface area is 187 Å². The van der Waals surface area contributed by atoms with E-state index in [1.165, 1.54) is 12.1 Å². The van der Waals surface area contributed by atoms with E-state index in [0.29, 0.717) is 22.8 Å². The molecule has 0 aromatic heterocycles. The zero-order valence-electron chi connectivity index (χ0n) is 16.5. The Bertz CT molecular complexity index is 1120. The molecule has 0 saturated heterocycles. The monoisotopic (exact) mass is 459 g/mol. The van der Waals surface area contributed by atoms with Crippen LogP contribution in [0.25, 0.3) is 0 Å². The molecule has 164 valence electrons. The van der Waals surface area contributed by atoms with Crippen LogP contribution in [0.3, 0.4) is 0 Å². The second-order valence-electron chi connectivity index (χ2n) is 7.02. The van der Waals surface area contributed by atoms with Crippen molar-refractivity contribution in [3.63, 3.8) is 0 Å². The summed E-state index contributed by atoms with van der Waals surface area (Å²) < 4.78 is 40.8. The second-order valence-corrected chi connectivity index (χ2v) is 7.46. The maximum absolute atomic E-state index is 12.8. The van der Waals surface area contributed by atoms with Crippen molar-refractivity contribution in [1.29, 1.82) is 0 Å². The largest absolute Gasteiger partial charge is 0.573 e. The average Bonchev–Trinajstić information content (AvgIpc) is 3.21. The van der Waals surface area contributed by atoms with Gasteiger partial charge < -0.3 is 10.1 Å². The minimum absolute atomic E-state index is 0.210. The fourth-order valence-electron chi connectivity index (χ4n) is 3.35. The van der Waals surface area contributed by atoms with Crippen LogP contribution in [0.4, 0.5) is 24.5 Å². The smallest absolute Gasteiger partial charge is 0.406 e. The molecule has 1 atom stereocenters. The molecule has 4 rings (SSSR count). The fourth-order valence-corrected chi connectivity index (χ4v) is 3.48. The predicted octanol–water partition coefficient (Wildman–Crippen LogP) is 6.18. The van der Waals surface area contributed by atoms with Gasteiger partial charge in [0.05, 0.1) is 11.7 Å². The van der Waals surface area contributed by atoms with E-state index < -0.39 is 12.3 Å². The van der Waals surface area contributed by atoms with Gasteiger partial charge in [0, 0.05) is 17.1 Å². The third kappa shape index (κ3) is 5.20. The van der Waals surface area contributed by atoms with E-state index >= 15 is 0 Å². The van der Waals surface area contributed by atoms with Crippen molar-refractivity contribution in [2.24, 2.45) is 5.10 Å². The van der Waals surface area contributed by atoms with Gasteiger partial charge in [-0.05, 0) is 54.1 Å². The number of benzene rings is 3. The van der Waals surface area contributed by atoms with Crippen LogP contribution >= 0.6 is 11.6 Å². The van der Waals surface area contributed by atoms with Gasteiger partial charge in [0.2, 0.25) is 0 Å². The van der Waals surface area contributed by atoms with Crippen molar-refractivity contribution in [1.82, 2.24) is 0 Å². The highest BCUT2D eigenvalue weighted by atomic mass is 35.5. The molecule has 9 heteroatoms. The lowest BCUT2D eigenvalue weighted by molar-refractivity contribution is -0.274. The van der Waals surface area contributed by atoms with Crippen molar-refractivity contribution < 1.29 is 22.7 Å². The van der Waals surface area contributed by atoms with Crippen molar-refractivity contribution in [2.75, 3.05) is 10.3 Å². The molecule has 0 spiro atoms. The molecule has 3 aromatic rings. The Hall–Kier alpha value is -3.52. The maximum atomic E-state index is 12.8. The Morgan fingerprint density at radius 3 is 2.28 bits per heavy atom. The lowest BCUT2D eigenvalue weighted by Crippen LogP contribution is -2.22. The number of rotatable bonds is 5. The predicted molar refractivity (Wildman–Crippen MR) is 117 cm³/mol. The van der Waals surface area contributed by atoms with E-state index in [9.17, 15) is 18.0 Å². The molecule has 1 aliphatic heterocycles. The summed E-state index contributed by atoms with van der Waals surface area (Å²) in [6.45, 7) is 0. The van der Waals surface area contributed by atoms with Gasteiger partial charge in [0.25, 0.3) is 5.91 Å². The molecule has 1 amide bonds. The summed E-state index contributed by atoms with van der Waals surface area (Å²) in [6, 6.07) is 21.5. The standard InChI is InChI=1S/C23H17ClF3N3O2/c24-16-8-6-15(7-9-16)21-14-20(29-30(21)18-4-2-1-3-5-18)22(31)28-17-10-12-19(13-11-17)32-23(25,26)27/h1-13,21H,14H2,(H,28,31). The molecule has 0 aliphatic carbocycles. The van der Waals surface area contributed by atoms with Crippen molar-refractivity contribution in [3.8, 4) is 5.75 Å². The van der Waals surface area contributed by atoms with Crippen LogP contribution in [0.5, 0.6) is 5.75 Å². The highest BCUT2D eigenvalue weighted by molar-refractivity contribution is 6.43. The minimum Gasteiger partial charge on any atom is -0.406 e. The summed E-state index contributed by atoms with van der Waals surface area (Å²) in [4.78, 5) is 12.8. The van der Waals surface area contributed by atoms with Crippen LogP contribution < -0.4 is 15.1 Å². The van der Waals surface area contributed by atoms with Gasteiger partial charge in [0.15, 0.2) is 0 Å². The molecular formula is C23H17ClF3N3O2. The zero-order valence-corrected chi connectivity index (χ0v) is 17.3. The van der Waals surface area contributed by atoms with Crippen molar-refractivity contribution in [3.05, 3.63) is 89.4 Å². The van der Waals surface area contributed by atoms with E-state index in [-0.39, 0.29) is 11.8 Å². The third-order valence-electron chi connectivity index (χ3n) is 4.79. The summed E-state index contributed by atoms with van der Waals surface area (Å²) in [7, 11) is 0. The first-order chi connectivity index (χ1) is 15.3. The summed E-state index contributed by atoms with van der Waals surface area (Å²) in [5.41, 5.74) is 2.39. The molecule has 1 aliphatic rings. The number of nitrogens with one attached hydrogen (secondary N) is 1. The number of halogens is 4. The number of carbonyl (C=O) groups excluding carboxylic acids is 1. The average molecular weight is 460 g/mol. The van der Waals surface area contributed by atoms with Gasteiger partial charge in [0.1, 0.15) is 11.5 Å². The summed E-state index contributed by atoms with van der Waals surface area (Å²) in [6.07, 6.45) is -4.43. The van der Waals surface area contributed by atoms with Crippen LogP contribution in [0.15, 0.2) is 84.0 Å². The molecule has 3 aromatic carbocycles. The molecule has 1 N–H and O–H groups in total. The van der Waals surface area contributed by atoms with Crippen LogP contribution in [0, 0.1) is 0 Å². The highest BCUT2D eigenvalue weighted by Gasteiger charge is 2.33. The Kier molecular flexibility index (Phi) is 6.05. The topological polar surface area (TPSA) is 53.9 Å². The summed E-state index contributed by atoms with van der Waals surface area (Å²) >= 11 is 6.01. The number of nitrogens with zero attached hydrogens (tertiary/aromatic N) is 2. The number of amides is 1. The number of ether oxygens (including phenoxy) is 1. The molecule has 5 nitrogen and oxygen atoms in total. The first-order valence-electron chi connectivity index (χ1n) is 9.63. The van der Waals surface area contributed by atoms with Gasteiger partial charge in [-0.2, -0.15) is 5.10 Å². The summed E-state index contributed by atoms with van der Waals surface area (Å²) in [5.74, 6) is -0.807. The van der Waals surface area contributed by atoms with Crippen molar-refractivity contribution in [2.45, 2.75) is 18.8 Å². The molecule has 1 unspecified atom stereocenters. The lowest BCUT2D eigenvalue weighted by atomic mass is 10.0. The molecular weight excluding hydrogens is 443 g/mol. The van der Waals surface area contributed by atoms with Gasteiger partial charge in [-0.25, -0.2) is 0 Å². The van der Waals surface area contributed by atoms with Crippen molar-refractivity contribution >= 4 is 34.6 Å². The van der Waals surface area contributed by atoms with Gasteiger partial charge in [-0.3, -0.25) is 9.80 Å². The van der Waals surface area contributed by atoms with Gasteiger partial charge >= 0.3 is 6.36 Å².